The van der Waals surface area contributed by atoms with E-state index in [-0.39, 0.29) is 11.5 Å². The Morgan fingerprint density at radius 3 is 2.53 bits per heavy atom. The van der Waals surface area contributed by atoms with Gasteiger partial charge in [0.05, 0.1) is 0 Å². The fourth-order valence-corrected chi connectivity index (χ4v) is 2.10. The number of alkyl halides is 1. The van der Waals surface area contributed by atoms with Gasteiger partial charge >= 0.3 is 0 Å². The standard InChI is InChI=1S/C12H17BrO2/c1-2-10-9(5-3-4-8-13)6-7-11(14)12(10)15/h6-7,14-15H,2-5,8H2,1H3. The van der Waals surface area contributed by atoms with E-state index in [4.69, 9.17) is 0 Å². The van der Waals surface area contributed by atoms with Crippen molar-refractivity contribution in [3.63, 3.8) is 0 Å². The molecule has 0 amide bonds. The van der Waals surface area contributed by atoms with Gasteiger partial charge in [-0.05, 0) is 37.3 Å². The molecule has 0 fully saturated rings. The van der Waals surface area contributed by atoms with Gasteiger partial charge in [-0.3, -0.25) is 0 Å². The lowest BCUT2D eigenvalue weighted by Gasteiger charge is -2.10. The van der Waals surface area contributed by atoms with Crippen molar-refractivity contribution in [1.29, 1.82) is 0 Å². The first-order chi connectivity index (χ1) is 7.20. The third-order valence-corrected chi connectivity index (χ3v) is 3.10. The number of benzene rings is 1. The Morgan fingerprint density at radius 2 is 1.93 bits per heavy atom. The molecule has 0 aliphatic rings. The van der Waals surface area contributed by atoms with Gasteiger partial charge in [-0.1, -0.05) is 28.9 Å². The molecular weight excluding hydrogens is 256 g/mol. The highest BCUT2D eigenvalue weighted by Gasteiger charge is 2.09. The highest BCUT2D eigenvalue weighted by atomic mass is 79.9. The zero-order valence-electron chi connectivity index (χ0n) is 8.96. The lowest BCUT2D eigenvalue weighted by Crippen LogP contribution is -1.94. The first-order valence-electron chi connectivity index (χ1n) is 5.29. The minimum atomic E-state index is -0.0175. The van der Waals surface area contributed by atoms with Crippen LogP contribution < -0.4 is 0 Å². The predicted molar refractivity (Wildman–Crippen MR) is 65.9 cm³/mol. The van der Waals surface area contributed by atoms with Gasteiger partial charge in [0.25, 0.3) is 0 Å². The first-order valence-corrected chi connectivity index (χ1v) is 6.41. The molecule has 2 nitrogen and oxygen atoms in total. The van der Waals surface area contributed by atoms with E-state index in [0.29, 0.717) is 0 Å². The van der Waals surface area contributed by atoms with Gasteiger partial charge in [-0.25, -0.2) is 0 Å². The number of aromatic hydroxyl groups is 2. The Bertz CT molecular complexity index is 324. The van der Waals surface area contributed by atoms with Crippen molar-refractivity contribution in [3.05, 3.63) is 23.3 Å². The average Bonchev–Trinajstić information content (AvgIpc) is 2.24. The summed E-state index contributed by atoms with van der Waals surface area (Å²) in [5.41, 5.74) is 2.03. The van der Waals surface area contributed by atoms with E-state index in [1.807, 2.05) is 13.0 Å². The molecule has 0 aliphatic heterocycles. The van der Waals surface area contributed by atoms with Gasteiger partial charge in [0.15, 0.2) is 11.5 Å². The quantitative estimate of drug-likeness (QED) is 0.490. The summed E-state index contributed by atoms with van der Waals surface area (Å²) in [6.45, 7) is 1.99. The van der Waals surface area contributed by atoms with Crippen LogP contribution in [0, 0.1) is 0 Å². The number of rotatable bonds is 5. The molecule has 84 valence electrons. The molecule has 0 aliphatic carbocycles. The van der Waals surface area contributed by atoms with E-state index in [1.54, 1.807) is 6.07 Å². The molecule has 0 saturated heterocycles. The maximum atomic E-state index is 9.68. The van der Waals surface area contributed by atoms with Crippen molar-refractivity contribution >= 4 is 15.9 Å². The number of unbranched alkanes of at least 4 members (excludes halogenated alkanes) is 1. The van der Waals surface area contributed by atoms with Gasteiger partial charge in [-0.15, -0.1) is 0 Å². The maximum absolute atomic E-state index is 9.68. The van der Waals surface area contributed by atoms with E-state index < -0.39 is 0 Å². The van der Waals surface area contributed by atoms with E-state index in [0.717, 1.165) is 42.1 Å². The fourth-order valence-electron chi connectivity index (χ4n) is 1.70. The monoisotopic (exact) mass is 272 g/mol. The zero-order chi connectivity index (χ0) is 11.3. The van der Waals surface area contributed by atoms with Crippen LogP contribution >= 0.6 is 15.9 Å². The topological polar surface area (TPSA) is 40.5 Å². The van der Waals surface area contributed by atoms with Crippen LogP contribution in [0.2, 0.25) is 0 Å². The lowest BCUT2D eigenvalue weighted by molar-refractivity contribution is 0.399. The predicted octanol–water partition coefficient (Wildman–Crippen LogP) is 3.38. The second-order valence-electron chi connectivity index (χ2n) is 3.57. The molecule has 15 heavy (non-hydrogen) atoms. The minimum Gasteiger partial charge on any atom is -0.504 e. The van der Waals surface area contributed by atoms with Crippen LogP contribution in [0.1, 0.15) is 30.9 Å². The highest BCUT2D eigenvalue weighted by Crippen LogP contribution is 2.32. The van der Waals surface area contributed by atoms with Crippen LogP contribution in [0.25, 0.3) is 0 Å². The molecule has 1 aromatic rings. The fraction of sp³-hybridized carbons (Fsp3) is 0.500. The summed E-state index contributed by atoms with van der Waals surface area (Å²) in [6, 6.07) is 3.47. The first kappa shape index (κ1) is 12.4. The van der Waals surface area contributed by atoms with Gasteiger partial charge in [0, 0.05) is 10.9 Å². The molecule has 0 saturated carbocycles. The van der Waals surface area contributed by atoms with Crippen molar-refractivity contribution in [3.8, 4) is 11.5 Å². The van der Waals surface area contributed by atoms with E-state index in [1.165, 1.54) is 0 Å². The molecule has 3 heteroatoms. The summed E-state index contributed by atoms with van der Waals surface area (Å²) in [5, 5.41) is 20.1. The number of aryl methyl sites for hydroxylation is 1. The Balaban J connectivity index is 2.83. The number of phenols is 2. The molecule has 0 atom stereocenters. The number of phenolic OH excluding ortho intramolecular Hbond substituents is 2. The van der Waals surface area contributed by atoms with Crippen LogP contribution in [-0.2, 0) is 12.8 Å². The van der Waals surface area contributed by atoms with Crippen LogP contribution in [0.4, 0.5) is 0 Å². The number of hydrogen-bond donors (Lipinski definition) is 2. The molecule has 0 radical (unpaired) electrons. The largest absolute Gasteiger partial charge is 0.504 e. The summed E-state index contributed by atoms with van der Waals surface area (Å²) in [4.78, 5) is 0. The van der Waals surface area contributed by atoms with Crippen LogP contribution in [0.5, 0.6) is 11.5 Å². The molecule has 0 aromatic heterocycles. The smallest absolute Gasteiger partial charge is 0.160 e. The normalized spacial score (nSPS) is 10.5. The summed E-state index contributed by atoms with van der Waals surface area (Å²) >= 11 is 3.40. The third kappa shape index (κ3) is 3.13. The molecule has 0 heterocycles. The Morgan fingerprint density at radius 1 is 1.20 bits per heavy atom. The van der Waals surface area contributed by atoms with E-state index in [9.17, 15) is 10.2 Å². The second kappa shape index (κ2) is 6.01. The SMILES string of the molecule is CCc1c(CCCCBr)ccc(O)c1O. The summed E-state index contributed by atoms with van der Waals surface area (Å²) in [7, 11) is 0. The van der Waals surface area contributed by atoms with Crippen molar-refractivity contribution in [2.75, 3.05) is 5.33 Å². The maximum Gasteiger partial charge on any atom is 0.160 e. The highest BCUT2D eigenvalue weighted by molar-refractivity contribution is 9.09. The van der Waals surface area contributed by atoms with E-state index >= 15 is 0 Å². The molecule has 1 aromatic carbocycles. The second-order valence-corrected chi connectivity index (χ2v) is 4.36. The number of halogens is 1. The van der Waals surface area contributed by atoms with Gasteiger partial charge in [0.2, 0.25) is 0 Å². The van der Waals surface area contributed by atoms with Crippen LogP contribution in [0.15, 0.2) is 12.1 Å². The van der Waals surface area contributed by atoms with Crippen LogP contribution in [-0.4, -0.2) is 15.5 Å². The van der Waals surface area contributed by atoms with Gasteiger partial charge in [0.1, 0.15) is 0 Å². The summed E-state index contributed by atoms with van der Waals surface area (Å²) in [6.07, 6.45) is 3.94. The zero-order valence-corrected chi connectivity index (χ0v) is 10.5. The summed E-state index contributed by atoms with van der Waals surface area (Å²) < 4.78 is 0. The minimum absolute atomic E-state index is 0.0175. The molecule has 0 unspecified atom stereocenters. The molecule has 0 bridgehead atoms. The Labute approximate surface area is 99.1 Å². The van der Waals surface area contributed by atoms with Crippen molar-refractivity contribution < 1.29 is 10.2 Å². The number of hydrogen-bond acceptors (Lipinski definition) is 2. The Kier molecular flexibility index (Phi) is 4.95. The molecule has 1 rings (SSSR count). The van der Waals surface area contributed by atoms with Gasteiger partial charge < -0.3 is 10.2 Å². The van der Waals surface area contributed by atoms with Crippen molar-refractivity contribution in [1.82, 2.24) is 0 Å². The van der Waals surface area contributed by atoms with Crippen LogP contribution in [0.3, 0.4) is 0 Å². The lowest BCUT2D eigenvalue weighted by atomic mass is 9.99. The van der Waals surface area contributed by atoms with Crippen molar-refractivity contribution in [2.45, 2.75) is 32.6 Å². The molecule has 2 N–H and O–H groups in total. The van der Waals surface area contributed by atoms with Crippen molar-refractivity contribution in [2.24, 2.45) is 0 Å². The Hall–Kier alpha value is -0.700. The average molecular weight is 273 g/mol. The van der Waals surface area contributed by atoms with Gasteiger partial charge in [-0.2, -0.15) is 0 Å². The summed E-state index contributed by atoms with van der Waals surface area (Å²) in [5.74, 6) is 0.0323. The molecular formula is C12H17BrO2. The molecule has 0 spiro atoms. The van der Waals surface area contributed by atoms with E-state index in [2.05, 4.69) is 15.9 Å². The third-order valence-electron chi connectivity index (χ3n) is 2.54.